The van der Waals surface area contributed by atoms with Gasteiger partial charge in [0.2, 0.25) is 5.91 Å². The molecule has 0 aromatic heterocycles. The van der Waals surface area contributed by atoms with Gasteiger partial charge >= 0.3 is 0 Å². The summed E-state index contributed by atoms with van der Waals surface area (Å²) in [6.07, 6.45) is 1.39. The van der Waals surface area contributed by atoms with Crippen molar-refractivity contribution < 1.29 is 14.3 Å². The second kappa shape index (κ2) is 11.7. The number of hydrogen-bond acceptors (Lipinski definition) is 4. The number of thioether (sulfide) groups is 1. The Labute approximate surface area is 175 Å². The van der Waals surface area contributed by atoms with E-state index in [9.17, 15) is 9.59 Å². The zero-order valence-corrected chi connectivity index (χ0v) is 17.6. The van der Waals surface area contributed by atoms with E-state index in [-0.39, 0.29) is 17.1 Å². The Balaban J connectivity index is 2.03. The quantitative estimate of drug-likeness (QED) is 0.435. The molecule has 28 heavy (non-hydrogen) atoms. The molecular weight excluding hydrogens is 396 g/mol. The highest BCUT2D eigenvalue weighted by Crippen LogP contribution is 2.28. The number of halogens is 1. The Morgan fingerprint density at radius 1 is 1.14 bits per heavy atom. The van der Waals surface area contributed by atoms with E-state index in [1.165, 1.54) is 11.8 Å². The van der Waals surface area contributed by atoms with Crippen molar-refractivity contribution in [2.45, 2.75) is 29.9 Å². The average molecular weight is 421 g/mol. The van der Waals surface area contributed by atoms with Gasteiger partial charge in [-0.3, -0.25) is 9.59 Å². The first-order valence-corrected chi connectivity index (χ1v) is 10.4. The fraction of sp³-hybridized carbons (Fsp3) is 0.333. The van der Waals surface area contributed by atoms with Crippen LogP contribution >= 0.6 is 23.4 Å². The van der Waals surface area contributed by atoms with E-state index in [1.54, 1.807) is 43.5 Å². The van der Waals surface area contributed by atoms with E-state index in [2.05, 4.69) is 10.6 Å². The van der Waals surface area contributed by atoms with Gasteiger partial charge < -0.3 is 15.4 Å². The van der Waals surface area contributed by atoms with E-state index in [1.807, 2.05) is 19.1 Å². The maximum atomic E-state index is 12.8. The molecule has 0 heterocycles. The highest BCUT2D eigenvalue weighted by atomic mass is 35.5. The molecule has 0 radical (unpaired) electrons. The third-order valence-corrected chi connectivity index (χ3v) is 5.62. The molecule has 2 rings (SSSR count). The third-order valence-electron chi connectivity index (χ3n) is 4.00. The van der Waals surface area contributed by atoms with Crippen LogP contribution in [0.25, 0.3) is 0 Å². The summed E-state index contributed by atoms with van der Waals surface area (Å²) in [5.74, 6) is -0.354. The number of amides is 2. The van der Waals surface area contributed by atoms with Gasteiger partial charge in [-0.05, 0) is 49.2 Å². The van der Waals surface area contributed by atoms with Gasteiger partial charge in [-0.2, -0.15) is 0 Å². The number of benzene rings is 2. The molecule has 2 aromatic rings. The second-order valence-corrected chi connectivity index (χ2v) is 7.82. The first-order chi connectivity index (χ1) is 13.5. The van der Waals surface area contributed by atoms with Gasteiger partial charge in [-0.15, -0.1) is 11.8 Å². The molecule has 0 aliphatic carbocycles. The molecule has 0 aliphatic heterocycles. The van der Waals surface area contributed by atoms with Crippen molar-refractivity contribution in [2.24, 2.45) is 0 Å². The first-order valence-electron chi connectivity index (χ1n) is 9.14. The molecule has 0 fully saturated rings. The van der Waals surface area contributed by atoms with Crippen LogP contribution < -0.4 is 10.6 Å². The predicted octanol–water partition coefficient (Wildman–Crippen LogP) is 4.62. The molecule has 2 amide bonds. The second-order valence-electron chi connectivity index (χ2n) is 6.11. The van der Waals surface area contributed by atoms with Crippen LogP contribution in [0.1, 0.15) is 30.1 Å². The molecule has 5 nitrogen and oxygen atoms in total. The molecule has 0 spiro atoms. The van der Waals surface area contributed by atoms with Crippen LogP contribution in [0.2, 0.25) is 5.02 Å². The van der Waals surface area contributed by atoms with E-state index < -0.39 is 0 Å². The van der Waals surface area contributed by atoms with E-state index in [0.717, 1.165) is 11.3 Å². The molecular formula is C21H25ClN2O3S. The van der Waals surface area contributed by atoms with Gasteiger partial charge in [0.1, 0.15) is 0 Å². The Morgan fingerprint density at radius 2 is 1.86 bits per heavy atom. The van der Waals surface area contributed by atoms with Gasteiger partial charge in [0, 0.05) is 30.2 Å². The number of para-hydroxylation sites is 1. The summed E-state index contributed by atoms with van der Waals surface area (Å²) in [7, 11) is 1.62. The Kier molecular flexibility index (Phi) is 9.34. The van der Waals surface area contributed by atoms with Gasteiger partial charge in [0.25, 0.3) is 5.91 Å². The molecule has 0 bridgehead atoms. The summed E-state index contributed by atoms with van der Waals surface area (Å²) in [4.78, 5) is 26.2. The fourth-order valence-electron chi connectivity index (χ4n) is 2.52. The number of carbonyl (C=O) groups is 2. The number of rotatable bonds is 10. The van der Waals surface area contributed by atoms with Gasteiger partial charge in [0.05, 0.1) is 16.5 Å². The minimum atomic E-state index is -0.279. The fourth-order valence-corrected chi connectivity index (χ4v) is 3.60. The Hall–Kier alpha value is -2.02. The molecule has 1 atom stereocenters. The van der Waals surface area contributed by atoms with E-state index in [4.69, 9.17) is 16.3 Å². The number of hydrogen-bond donors (Lipinski definition) is 2. The lowest BCUT2D eigenvalue weighted by Crippen LogP contribution is -2.29. The molecule has 2 N–H and O–H groups in total. The molecule has 150 valence electrons. The minimum absolute atomic E-state index is 0.137. The topological polar surface area (TPSA) is 67.4 Å². The zero-order valence-electron chi connectivity index (χ0n) is 16.0. The lowest BCUT2D eigenvalue weighted by Gasteiger charge is -2.17. The van der Waals surface area contributed by atoms with Crippen molar-refractivity contribution in [3.63, 3.8) is 0 Å². The van der Waals surface area contributed by atoms with Crippen LogP contribution in [-0.2, 0) is 9.53 Å². The number of nitrogens with one attached hydrogen (secondary N) is 2. The van der Waals surface area contributed by atoms with Crippen LogP contribution in [0.3, 0.4) is 0 Å². The molecule has 1 unspecified atom stereocenters. The van der Waals surface area contributed by atoms with E-state index >= 15 is 0 Å². The Morgan fingerprint density at radius 3 is 2.54 bits per heavy atom. The number of carbonyl (C=O) groups excluding carboxylic acids is 2. The highest BCUT2D eigenvalue weighted by Gasteiger charge is 2.20. The van der Waals surface area contributed by atoms with Crippen molar-refractivity contribution in [1.29, 1.82) is 0 Å². The predicted molar refractivity (Wildman–Crippen MR) is 115 cm³/mol. The van der Waals surface area contributed by atoms with Crippen molar-refractivity contribution in [2.75, 3.05) is 25.6 Å². The molecule has 7 heteroatoms. The summed E-state index contributed by atoms with van der Waals surface area (Å²) in [6, 6.07) is 14.4. The van der Waals surface area contributed by atoms with Crippen LogP contribution in [-0.4, -0.2) is 37.3 Å². The van der Waals surface area contributed by atoms with Crippen molar-refractivity contribution >= 4 is 40.9 Å². The summed E-state index contributed by atoms with van der Waals surface area (Å²) >= 11 is 7.39. The number of ether oxygens (including phenoxy) is 1. The monoisotopic (exact) mass is 420 g/mol. The van der Waals surface area contributed by atoms with E-state index in [0.29, 0.717) is 35.8 Å². The summed E-state index contributed by atoms with van der Waals surface area (Å²) in [5.41, 5.74) is 0.950. The number of anilines is 1. The minimum Gasteiger partial charge on any atom is -0.385 e. The average Bonchev–Trinajstić information content (AvgIpc) is 2.71. The third kappa shape index (κ3) is 6.86. The zero-order chi connectivity index (χ0) is 20.4. The summed E-state index contributed by atoms with van der Waals surface area (Å²) in [5, 5.41) is 6.13. The maximum Gasteiger partial charge on any atom is 0.253 e. The van der Waals surface area contributed by atoms with Crippen LogP contribution in [0.5, 0.6) is 0 Å². The smallest absolute Gasteiger partial charge is 0.253 e. The lowest BCUT2D eigenvalue weighted by atomic mass is 10.1. The SMILES string of the molecule is CCC(Sc1ccc(Cl)cc1)C(=O)Nc1ccccc1C(=O)NCCCOC. The normalized spacial score (nSPS) is 11.7. The summed E-state index contributed by atoms with van der Waals surface area (Å²) < 4.78 is 4.98. The maximum absolute atomic E-state index is 12.8. The summed E-state index contributed by atoms with van der Waals surface area (Å²) in [6.45, 7) is 3.05. The Bertz CT molecular complexity index is 783. The van der Waals surface area contributed by atoms with Gasteiger partial charge in [0.15, 0.2) is 0 Å². The largest absolute Gasteiger partial charge is 0.385 e. The van der Waals surface area contributed by atoms with Crippen molar-refractivity contribution in [1.82, 2.24) is 5.32 Å². The molecule has 2 aromatic carbocycles. The standard InChI is InChI=1S/C21H25ClN2O3S/c1-3-19(28-16-11-9-15(22)10-12-16)21(26)24-18-8-5-4-7-17(18)20(25)23-13-6-14-27-2/h4-5,7-12,19H,3,6,13-14H2,1-2H3,(H,23,25)(H,24,26). The van der Waals surface area contributed by atoms with Crippen LogP contribution in [0.4, 0.5) is 5.69 Å². The van der Waals surface area contributed by atoms with Crippen molar-refractivity contribution in [3.05, 3.63) is 59.1 Å². The van der Waals surface area contributed by atoms with Gasteiger partial charge in [-0.25, -0.2) is 0 Å². The van der Waals surface area contributed by atoms with Gasteiger partial charge in [-0.1, -0.05) is 30.7 Å². The number of methoxy groups -OCH3 is 1. The lowest BCUT2D eigenvalue weighted by molar-refractivity contribution is -0.115. The molecule has 0 saturated carbocycles. The molecule has 0 aliphatic rings. The first kappa shape index (κ1) is 22.3. The highest BCUT2D eigenvalue weighted by molar-refractivity contribution is 8.00. The van der Waals surface area contributed by atoms with Crippen molar-refractivity contribution in [3.8, 4) is 0 Å². The van der Waals surface area contributed by atoms with Crippen LogP contribution in [0, 0.1) is 0 Å². The van der Waals surface area contributed by atoms with Crippen LogP contribution in [0.15, 0.2) is 53.4 Å². The molecule has 0 saturated heterocycles.